The first-order valence-corrected chi connectivity index (χ1v) is 6.09. The number of thiophene rings is 1. The summed E-state index contributed by atoms with van der Waals surface area (Å²) in [6, 6.07) is 2.08. The molecule has 78 valence electrons. The van der Waals surface area contributed by atoms with E-state index in [0.29, 0.717) is 0 Å². The summed E-state index contributed by atoms with van der Waals surface area (Å²) in [5, 5.41) is 1.79. The maximum atomic E-state index is 11.3. The van der Waals surface area contributed by atoms with Gasteiger partial charge in [-0.2, -0.15) is 0 Å². The molecule has 0 aliphatic heterocycles. The first kappa shape index (κ1) is 11.7. The molecule has 0 aliphatic rings. The lowest BCUT2D eigenvalue weighted by Crippen LogP contribution is -2.13. The van der Waals surface area contributed by atoms with E-state index >= 15 is 0 Å². The standard InChI is InChI=1S/C11H15ClOS/c1-4-8-5-6-14-10(8)9(7(2)3)11(12)13/h5-7,9H,4H2,1-3H3. The van der Waals surface area contributed by atoms with Crippen molar-refractivity contribution in [1.29, 1.82) is 0 Å². The summed E-state index contributed by atoms with van der Waals surface area (Å²) in [5.74, 6) is 0.135. The van der Waals surface area contributed by atoms with Crippen LogP contribution in [0.25, 0.3) is 0 Å². The number of carbonyl (C=O) groups is 1. The van der Waals surface area contributed by atoms with Crippen LogP contribution >= 0.6 is 22.9 Å². The predicted octanol–water partition coefficient (Wildman–Crippen LogP) is 3.82. The number of aryl methyl sites for hydroxylation is 1. The lowest BCUT2D eigenvalue weighted by molar-refractivity contribution is -0.113. The fraction of sp³-hybridized carbons (Fsp3) is 0.545. The van der Waals surface area contributed by atoms with E-state index in [1.54, 1.807) is 11.3 Å². The third-order valence-corrected chi connectivity index (χ3v) is 3.63. The molecule has 1 rings (SSSR count). The summed E-state index contributed by atoms with van der Waals surface area (Å²) >= 11 is 7.26. The molecule has 0 radical (unpaired) electrons. The lowest BCUT2D eigenvalue weighted by atomic mass is 9.93. The molecule has 1 nitrogen and oxygen atoms in total. The average molecular weight is 231 g/mol. The second-order valence-corrected chi connectivity index (χ2v) is 5.01. The van der Waals surface area contributed by atoms with Gasteiger partial charge in [-0.3, -0.25) is 4.79 Å². The van der Waals surface area contributed by atoms with Gasteiger partial charge in [0, 0.05) is 4.88 Å². The minimum atomic E-state index is -0.239. The number of rotatable bonds is 4. The fourth-order valence-electron chi connectivity index (χ4n) is 1.58. The first-order valence-electron chi connectivity index (χ1n) is 4.83. The maximum Gasteiger partial charge on any atom is 0.230 e. The van der Waals surface area contributed by atoms with Crippen LogP contribution in [0.15, 0.2) is 11.4 Å². The highest BCUT2D eigenvalue weighted by Gasteiger charge is 2.25. The van der Waals surface area contributed by atoms with E-state index < -0.39 is 0 Å². The predicted molar refractivity (Wildman–Crippen MR) is 62.1 cm³/mol. The summed E-state index contributed by atoms with van der Waals surface area (Å²) in [4.78, 5) is 12.5. The summed E-state index contributed by atoms with van der Waals surface area (Å²) in [5.41, 5.74) is 1.25. The van der Waals surface area contributed by atoms with Crippen LogP contribution in [0.2, 0.25) is 0 Å². The average Bonchev–Trinajstić information content (AvgIpc) is 2.51. The van der Waals surface area contributed by atoms with Crippen LogP contribution in [-0.4, -0.2) is 5.24 Å². The van der Waals surface area contributed by atoms with Crippen molar-refractivity contribution >= 4 is 28.2 Å². The fourth-order valence-corrected chi connectivity index (χ4v) is 3.27. The van der Waals surface area contributed by atoms with Crippen molar-refractivity contribution in [3.63, 3.8) is 0 Å². The summed E-state index contributed by atoms with van der Waals surface area (Å²) in [6.45, 7) is 6.16. The van der Waals surface area contributed by atoms with Gasteiger partial charge in [0.05, 0.1) is 5.92 Å². The molecule has 0 bridgehead atoms. The molecule has 0 saturated heterocycles. The van der Waals surface area contributed by atoms with Crippen molar-refractivity contribution < 1.29 is 4.79 Å². The second kappa shape index (κ2) is 4.94. The Hall–Kier alpha value is -0.340. The monoisotopic (exact) mass is 230 g/mol. The molecular weight excluding hydrogens is 216 g/mol. The van der Waals surface area contributed by atoms with Crippen molar-refractivity contribution in [1.82, 2.24) is 0 Å². The molecular formula is C11H15ClOS. The Morgan fingerprint density at radius 1 is 1.57 bits per heavy atom. The van der Waals surface area contributed by atoms with Gasteiger partial charge in [0.2, 0.25) is 5.24 Å². The zero-order valence-electron chi connectivity index (χ0n) is 8.71. The van der Waals surface area contributed by atoms with Crippen molar-refractivity contribution in [2.45, 2.75) is 33.1 Å². The Labute approximate surface area is 94.1 Å². The van der Waals surface area contributed by atoms with E-state index in [0.717, 1.165) is 11.3 Å². The molecule has 0 N–H and O–H groups in total. The molecule has 1 atom stereocenters. The molecule has 1 heterocycles. The zero-order chi connectivity index (χ0) is 10.7. The molecule has 3 heteroatoms. The molecule has 0 amide bonds. The van der Waals surface area contributed by atoms with Crippen LogP contribution in [0.3, 0.4) is 0 Å². The largest absolute Gasteiger partial charge is 0.281 e. The smallest absolute Gasteiger partial charge is 0.230 e. The van der Waals surface area contributed by atoms with Crippen LogP contribution in [0, 0.1) is 5.92 Å². The van der Waals surface area contributed by atoms with Gasteiger partial charge >= 0.3 is 0 Å². The third kappa shape index (κ3) is 2.37. The Morgan fingerprint density at radius 2 is 2.21 bits per heavy atom. The molecule has 0 spiro atoms. The quantitative estimate of drug-likeness (QED) is 0.719. The lowest BCUT2D eigenvalue weighted by Gasteiger charge is -2.16. The molecule has 1 aromatic heterocycles. The van der Waals surface area contributed by atoms with Crippen molar-refractivity contribution in [2.75, 3.05) is 0 Å². The van der Waals surface area contributed by atoms with E-state index in [9.17, 15) is 4.79 Å². The van der Waals surface area contributed by atoms with Gasteiger partial charge in [0.25, 0.3) is 0 Å². The van der Waals surface area contributed by atoms with E-state index in [1.165, 1.54) is 5.56 Å². The number of hydrogen-bond donors (Lipinski definition) is 0. The normalized spacial score (nSPS) is 13.2. The Kier molecular flexibility index (Phi) is 4.14. The Morgan fingerprint density at radius 3 is 2.64 bits per heavy atom. The SMILES string of the molecule is CCc1ccsc1C(C(=O)Cl)C(C)C. The summed E-state index contributed by atoms with van der Waals surface area (Å²) in [7, 11) is 0. The highest BCUT2D eigenvalue weighted by atomic mass is 35.5. The highest BCUT2D eigenvalue weighted by Crippen LogP contribution is 2.33. The van der Waals surface area contributed by atoms with E-state index in [4.69, 9.17) is 11.6 Å². The number of hydrogen-bond acceptors (Lipinski definition) is 2. The summed E-state index contributed by atoms with van der Waals surface area (Å²) < 4.78 is 0. The molecule has 1 aromatic rings. The van der Waals surface area contributed by atoms with Crippen molar-refractivity contribution in [2.24, 2.45) is 5.92 Å². The highest BCUT2D eigenvalue weighted by molar-refractivity contribution is 7.10. The first-order chi connectivity index (χ1) is 6.57. The van der Waals surface area contributed by atoms with Gasteiger partial charge < -0.3 is 0 Å². The molecule has 14 heavy (non-hydrogen) atoms. The second-order valence-electron chi connectivity index (χ2n) is 3.69. The van der Waals surface area contributed by atoms with Gasteiger partial charge in [0.15, 0.2) is 0 Å². The van der Waals surface area contributed by atoms with Crippen molar-refractivity contribution in [3.8, 4) is 0 Å². The van der Waals surface area contributed by atoms with Crippen LogP contribution < -0.4 is 0 Å². The molecule has 0 aliphatic carbocycles. The van der Waals surface area contributed by atoms with Crippen LogP contribution in [0.1, 0.15) is 37.1 Å². The molecule has 0 fully saturated rings. The number of halogens is 1. The Bertz CT molecular complexity index is 317. The van der Waals surface area contributed by atoms with E-state index in [2.05, 4.69) is 13.0 Å². The minimum absolute atomic E-state index is 0.133. The maximum absolute atomic E-state index is 11.3. The minimum Gasteiger partial charge on any atom is -0.281 e. The van der Waals surface area contributed by atoms with Crippen LogP contribution in [0.5, 0.6) is 0 Å². The van der Waals surface area contributed by atoms with Crippen LogP contribution in [0.4, 0.5) is 0 Å². The molecule has 1 unspecified atom stereocenters. The van der Waals surface area contributed by atoms with Crippen LogP contribution in [-0.2, 0) is 11.2 Å². The van der Waals surface area contributed by atoms with Gasteiger partial charge in [-0.25, -0.2) is 0 Å². The van der Waals surface area contributed by atoms with Crippen molar-refractivity contribution in [3.05, 3.63) is 21.9 Å². The van der Waals surface area contributed by atoms with Gasteiger partial charge in [-0.1, -0.05) is 20.8 Å². The Balaban J connectivity index is 3.04. The zero-order valence-corrected chi connectivity index (χ0v) is 10.3. The summed E-state index contributed by atoms with van der Waals surface area (Å²) in [6.07, 6.45) is 0.965. The van der Waals surface area contributed by atoms with Gasteiger partial charge in [-0.15, -0.1) is 11.3 Å². The van der Waals surface area contributed by atoms with Gasteiger partial charge in [-0.05, 0) is 40.9 Å². The van der Waals surface area contributed by atoms with Gasteiger partial charge in [0.1, 0.15) is 0 Å². The van der Waals surface area contributed by atoms with E-state index in [-0.39, 0.29) is 17.1 Å². The topological polar surface area (TPSA) is 17.1 Å². The third-order valence-electron chi connectivity index (χ3n) is 2.36. The molecule has 0 saturated carbocycles. The van der Waals surface area contributed by atoms with E-state index in [1.807, 2.05) is 19.2 Å². The molecule has 0 aromatic carbocycles. The number of carbonyl (C=O) groups excluding carboxylic acids is 1.